The van der Waals surface area contributed by atoms with E-state index < -0.39 is 33.6 Å². The molecule has 14 heteroatoms. The predicted octanol–water partition coefficient (Wildman–Crippen LogP) is 2.83. The van der Waals surface area contributed by atoms with Gasteiger partial charge < -0.3 is 25.4 Å². The van der Waals surface area contributed by atoms with Gasteiger partial charge in [-0.2, -0.15) is 9.40 Å². The van der Waals surface area contributed by atoms with E-state index >= 15 is 0 Å². The maximum absolute atomic E-state index is 13.9. The monoisotopic (exact) mass is 628 g/mol. The zero-order valence-corrected chi connectivity index (χ0v) is 25.1. The molecule has 4 heterocycles. The minimum Gasteiger partial charge on any atom is -0.492 e. The van der Waals surface area contributed by atoms with Crippen molar-refractivity contribution in [3.05, 3.63) is 59.9 Å². The first-order valence-corrected chi connectivity index (χ1v) is 15.9. The van der Waals surface area contributed by atoms with Gasteiger partial charge in [0.15, 0.2) is 0 Å². The summed E-state index contributed by atoms with van der Waals surface area (Å²) in [5, 5.41) is 21.2. The van der Waals surface area contributed by atoms with Crippen LogP contribution in [0.2, 0.25) is 5.02 Å². The summed E-state index contributed by atoms with van der Waals surface area (Å²) in [5.41, 5.74) is 1.38. The molecular weight excluding hydrogens is 596 g/mol. The van der Waals surface area contributed by atoms with E-state index in [9.17, 15) is 23.1 Å². The number of carbonyl (C=O) groups is 2. The number of nitrogens with one attached hydrogen (secondary N) is 2. The molecule has 43 heavy (non-hydrogen) atoms. The zero-order chi connectivity index (χ0) is 30.4. The van der Waals surface area contributed by atoms with E-state index in [4.69, 9.17) is 16.3 Å². The standard InChI is InChI=1S/C29H33ClN6O6S/c1-34-17-20(16-31-34)19-5-6-26-25(13-19)42-12-9-29(33-27(38)24-15-23(37)18-36(24)43(26,40)41)7-10-35(11-8-29)28(39)32-22-4-2-3-21(30)14-22/h2-6,13-14,16-17,23-24,37H,7-12,15,18H2,1H3,(H,32,39)(H,33,38)/t23-,24+/m1/s1. The van der Waals surface area contributed by atoms with Gasteiger partial charge >= 0.3 is 6.03 Å². The van der Waals surface area contributed by atoms with Crippen LogP contribution in [-0.2, 0) is 21.9 Å². The molecule has 3 aliphatic heterocycles. The molecule has 12 nitrogen and oxygen atoms in total. The van der Waals surface area contributed by atoms with Crippen molar-refractivity contribution in [2.45, 2.75) is 48.3 Å². The van der Waals surface area contributed by atoms with Crippen LogP contribution in [-0.4, -0.2) is 88.4 Å². The average molecular weight is 629 g/mol. The number of hydrogen-bond acceptors (Lipinski definition) is 7. The van der Waals surface area contributed by atoms with E-state index in [0.717, 1.165) is 15.4 Å². The summed E-state index contributed by atoms with van der Waals surface area (Å²) in [6, 6.07) is 10.4. The number of aryl methyl sites for hydroxylation is 1. The van der Waals surface area contributed by atoms with Crippen molar-refractivity contribution in [3.8, 4) is 16.9 Å². The van der Waals surface area contributed by atoms with Gasteiger partial charge in [-0.25, -0.2) is 13.2 Å². The van der Waals surface area contributed by atoms with E-state index in [2.05, 4.69) is 15.7 Å². The molecule has 2 aromatic carbocycles. The predicted molar refractivity (Wildman–Crippen MR) is 159 cm³/mol. The summed E-state index contributed by atoms with van der Waals surface area (Å²) in [6.45, 7) is 0.670. The Hall–Kier alpha value is -3.65. The molecule has 1 spiro atoms. The van der Waals surface area contributed by atoms with Crippen LogP contribution in [0.25, 0.3) is 11.1 Å². The van der Waals surface area contributed by atoms with Crippen molar-refractivity contribution in [1.82, 2.24) is 24.3 Å². The first kappa shape index (κ1) is 29.4. The Bertz CT molecular complexity index is 1650. The van der Waals surface area contributed by atoms with E-state index in [1.807, 2.05) is 6.20 Å². The van der Waals surface area contributed by atoms with Crippen molar-refractivity contribution in [2.24, 2.45) is 7.05 Å². The highest BCUT2D eigenvalue weighted by molar-refractivity contribution is 7.89. The number of amides is 3. The molecular formula is C29H33ClN6O6S. The van der Waals surface area contributed by atoms with Gasteiger partial charge in [0.05, 0.1) is 18.9 Å². The Morgan fingerprint density at radius 2 is 1.95 bits per heavy atom. The third-order valence-corrected chi connectivity index (χ3v) is 10.6. The lowest BCUT2D eigenvalue weighted by atomic mass is 9.84. The number of halogens is 1. The molecule has 3 aliphatic rings. The van der Waals surface area contributed by atoms with Gasteiger partial charge in [0.2, 0.25) is 15.9 Å². The molecule has 0 bridgehead atoms. The van der Waals surface area contributed by atoms with E-state index in [1.165, 1.54) is 6.07 Å². The Labute approximate surface area is 254 Å². The van der Waals surface area contributed by atoms with Gasteiger partial charge in [0.25, 0.3) is 0 Å². The number of likely N-dealkylation sites (tertiary alicyclic amines) is 1. The normalized spacial score (nSPS) is 23.4. The lowest BCUT2D eigenvalue weighted by molar-refractivity contribution is -0.127. The number of anilines is 1. The van der Waals surface area contributed by atoms with Gasteiger partial charge in [-0.3, -0.25) is 9.48 Å². The summed E-state index contributed by atoms with van der Waals surface area (Å²) in [7, 11) is -2.40. The third kappa shape index (κ3) is 5.94. The van der Waals surface area contributed by atoms with Gasteiger partial charge in [0.1, 0.15) is 16.7 Å². The van der Waals surface area contributed by atoms with Crippen molar-refractivity contribution in [3.63, 3.8) is 0 Å². The van der Waals surface area contributed by atoms with Crippen molar-refractivity contribution >= 4 is 39.2 Å². The van der Waals surface area contributed by atoms with Crippen LogP contribution in [0.15, 0.2) is 59.8 Å². The second-order valence-electron chi connectivity index (χ2n) is 11.3. The van der Waals surface area contributed by atoms with Crippen molar-refractivity contribution < 1.29 is 27.9 Å². The van der Waals surface area contributed by atoms with Gasteiger partial charge in [-0.1, -0.05) is 23.7 Å². The number of urea groups is 1. The summed E-state index contributed by atoms with van der Waals surface area (Å²) >= 11 is 6.05. The number of aliphatic hydroxyl groups is 1. The maximum atomic E-state index is 13.9. The number of fused-ring (bicyclic) bond motifs is 2. The maximum Gasteiger partial charge on any atom is 0.321 e. The molecule has 2 fully saturated rings. The van der Waals surface area contributed by atoms with Gasteiger partial charge in [-0.15, -0.1) is 0 Å². The molecule has 228 valence electrons. The zero-order valence-electron chi connectivity index (χ0n) is 23.6. The van der Waals surface area contributed by atoms with Crippen LogP contribution in [0.3, 0.4) is 0 Å². The van der Waals surface area contributed by atoms with Crippen LogP contribution in [0, 0.1) is 0 Å². The molecule has 0 aliphatic carbocycles. The molecule has 0 radical (unpaired) electrons. The molecule has 2 atom stereocenters. The summed E-state index contributed by atoms with van der Waals surface area (Å²) < 4.78 is 36.7. The number of aliphatic hydroxyl groups excluding tert-OH is 1. The fourth-order valence-electron chi connectivity index (χ4n) is 6.04. The third-order valence-electron chi connectivity index (χ3n) is 8.42. The van der Waals surface area contributed by atoms with Crippen LogP contribution in [0.4, 0.5) is 10.5 Å². The molecule has 0 saturated carbocycles. The number of rotatable bonds is 2. The molecule has 2 saturated heterocycles. The van der Waals surface area contributed by atoms with Crippen LogP contribution in [0.5, 0.6) is 5.75 Å². The topological polar surface area (TPSA) is 146 Å². The Morgan fingerprint density at radius 3 is 2.67 bits per heavy atom. The van der Waals surface area contributed by atoms with E-state index in [1.54, 1.807) is 59.2 Å². The highest BCUT2D eigenvalue weighted by atomic mass is 35.5. The number of sulfonamides is 1. The smallest absolute Gasteiger partial charge is 0.321 e. The van der Waals surface area contributed by atoms with Crippen molar-refractivity contribution in [2.75, 3.05) is 31.6 Å². The SMILES string of the molecule is Cn1cc(-c2ccc3c(c2)OCCC2(CCN(C(=O)Nc4cccc(Cl)c4)CC2)NC(=O)[C@@H]2C[C@@H](O)CN2S3(=O)=O)cn1. The quantitative estimate of drug-likeness (QED) is 0.396. The molecule has 0 unspecified atom stereocenters. The lowest BCUT2D eigenvalue weighted by Gasteiger charge is -2.43. The fourth-order valence-corrected chi connectivity index (χ4v) is 7.98. The Kier molecular flexibility index (Phi) is 7.84. The van der Waals surface area contributed by atoms with Crippen LogP contribution in [0.1, 0.15) is 25.7 Å². The van der Waals surface area contributed by atoms with Crippen molar-refractivity contribution in [1.29, 1.82) is 0 Å². The lowest BCUT2D eigenvalue weighted by Crippen LogP contribution is -2.60. The minimum atomic E-state index is -4.19. The molecule has 1 aromatic heterocycles. The molecule has 6 rings (SSSR count). The Morgan fingerprint density at radius 1 is 1.16 bits per heavy atom. The second kappa shape index (κ2) is 11.5. The van der Waals surface area contributed by atoms with E-state index in [-0.39, 0.29) is 36.2 Å². The highest BCUT2D eigenvalue weighted by Gasteiger charge is 2.47. The summed E-state index contributed by atoms with van der Waals surface area (Å²) in [4.78, 5) is 28.3. The molecule has 3 aromatic rings. The fraction of sp³-hybridized carbons (Fsp3) is 0.414. The number of ether oxygens (including phenoxy) is 1. The largest absolute Gasteiger partial charge is 0.492 e. The van der Waals surface area contributed by atoms with Crippen LogP contribution < -0.4 is 15.4 Å². The summed E-state index contributed by atoms with van der Waals surface area (Å²) in [5.74, 6) is -0.295. The van der Waals surface area contributed by atoms with Crippen LogP contribution >= 0.6 is 11.6 Å². The first-order chi connectivity index (χ1) is 20.5. The number of carbonyl (C=O) groups excluding carboxylic acids is 2. The number of nitrogens with zero attached hydrogens (tertiary/aromatic N) is 4. The summed E-state index contributed by atoms with van der Waals surface area (Å²) in [6.07, 6.45) is 3.78. The number of hydrogen-bond donors (Lipinski definition) is 3. The minimum absolute atomic E-state index is 0.0146. The average Bonchev–Trinajstić information content (AvgIpc) is 3.59. The second-order valence-corrected chi connectivity index (χ2v) is 13.6. The number of piperidine rings is 1. The number of benzene rings is 2. The van der Waals surface area contributed by atoms with Gasteiger partial charge in [0, 0.05) is 67.5 Å². The highest BCUT2D eigenvalue weighted by Crippen LogP contribution is 2.37. The molecule has 3 amide bonds. The first-order valence-electron chi connectivity index (χ1n) is 14.1. The molecule has 3 N–H and O–H groups in total. The Balaban J connectivity index is 1.27. The van der Waals surface area contributed by atoms with E-state index in [0.29, 0.717) is 43.1 Å². The van der Waals surface area contributed by atoms with Gasteiger partial charge in [-0.05, 0) is 48.7 Å². The number of aromatic nitrogens is 2.